The normalized spacial score (nSPS) is 25.6. The van der Waals surface area contributed by atoms with Crippen molar-refractivity contribution in [3.8, 4) is 0 Å². The molecule has 0 unspecified atom stereocenters. The Labute approximate surface area is 97.5 Å². The minimum Gasteiger partial charge on any atom is -0.377 e. The molecule has 2 aliphatic rings. The summed E-state index contributed by atoms with van der Waals surface area (Å²) in [6.07, 6.45) is 2.39. The van der Waals surface area contributed by atoms with Crippen molar-refractivity contribution >= 4 is 5.78 Å². The lowest BCUT2D eigenvalue weighted by Gasteiger charge is -2.35. The van der Waals surface area contributed by atoms with E-state index in [2.05, 4.69) is 16.7 Å². The molecular weight excluding hydrogens is 204 g/mol. The van der Waals surface area contributed by atoms with E-state index in [1.807, 2.05) is 7.11 Å². The fourth-order valence-corrected chi connectivity index (χ4v) is 2.33. The van der Waals surface area contributed by atoms with Gasteiger partial charge in [0.2, 0.25) is 0 Å². The molecule has 4 nitrogen and oxygen atoms in total. The van der Waals surface area contributed by atoms with E-state index in [9.17, 15) is 4.79 Å². The zero-order chi connectivity index (χ0) is 11.6. The lowest BCUT2D eigenvalue weighted by atomic mass is 10.2. The summed E-state index contributed by atoms with van der Waals surface area (Å²) in [6.45, 7) is 9.00. The van der Waals surface area contributed by atoms with Gasteiger partial charge in [-0.05, 0) is 12.8 Å². The summed E-state index contributed by atoms with van der Waals surface area (Å²) in [6, 6.07) is 0. The van der Waals surface area contributed by atoms with Crippen LogP contribution in [0.2, 0.25) is 0 Å². The van der Waals surface area contributed by atoms with E-state index in [1.165, 1.54) is 12.8 Å². The maximum Gasteiger partial charge on any atom is 0.147 e. The molecule has 0 aromatic rings. The minimum atomic E-state index is 0.0176. The van der Waals surface area contributed by atoms with Gasteiger partial charge in [-0.3, -0.25) is 14.6 Å². The molecule has 0 atom stereocenters. The van der Waals surface area contributed by atoms with Crippen molar-refractivity contribution in [2.24, 2.45) is 0 Å². The molecule has 1 radical (unpaired) electrons. The average molecular weight is 225 g/mol. The second kappa shape index (κ2) is 4.82. The summed E-state index contributed by atoms with van der Waals surface area (Å²) in [4.78, 5) is 15.5. The molecule has 1 heterocycles. The molecule has 0 amide bonds. The van der Waals surface area contributed by atoms with Gasteiger partial charge in [0.1, 0.15) is 5.78 Å². The van der Waals surface area contributed by atoms with E-state index >= 15 is 0 Å². The number of piperazine rings is 1. The molecule has 1 saturated heterocycles. The SMILES string of the molecule is [CH2]C(=O)CN1CCN(CC2(OC)CC2)CC1. The van der Waals surface area contributed by atoms with Gasteiger partial charge < -0.3 is 4.74 Å². The fourth-order valence-electron chi connectivity index (χ4n) is 2.33. The van der Waals surface area contributed by atoms with E-state index in [0.29, 0.717) is 6.54 Å². The Bertz CT molecular complexity index is 256. The number of methoxy groups -OCH3 is 1. The molecule has 4 heteroatoms. The Balaban J connectivity index is 1.71. The maximum atomic E-state index is 10.9. The molecule has 2 rings (SSSR count). The van der Waals surface area contributed by atoms with Crippen molar-refractivity contribution in [3.05, 3.63) is 6.92 Å². The first-order valence-corrected chi connectivity index (χ1v) is 5.98. The number of carbonyl (C=O) groups excluding carboxylic acids is 1. The highest BCUT2D eigenvalue weighted by atomic mass is 16.5. The van der Waals surface area contributed by atoms with Crippen LogP contribution in [0.25, 0.3) is 0 Å². The van der Waals surface area contributed by atoms with Crippen molar-refractivity contribution in [2.45, 2.75) is 18.4 Å². The number of Topliss-reactive ketones (excluding diaryl/α,β-unsaturated/α-hetero) is 1. The number of rotatable bonds is 5. The topological polar surface area (TPSA) is 32.8 Å². The zero-order valence-electron chi connectivity index (χ0n) is 10.1. The first-order chi connectivity index (χ1) is 7.63. The Morgan fingerprint density at radius 2 is 1.81 bits per heavy atom. The number of ketones is 1. The first kappa shape index (κ1) is 12.0. The first-order valence-electron chi connectivity index (χ1n) is 5.98. The standard InChI is InChI=1S/C12H21N2O2/c1-11(15)9-13-5-7-14(8-6-13)10-12(16-2)3-4-12/h1,3-10H2,2H3. The van der Waals surface area contributed by atoms with E-state index in [1.54, 1.807) is 0 Å². The van der Waals surface area contributed by atoms with Crippen LogP contribution in [0.5, 0.6) is 0 Å². The number of hydrogen-bond acceptors (Lipinski definition) is 4. The lowest BCUT2D eigenvalue weighted by molar-refractivity contribution is -0.116. The van der Waals surface area contributed by atoms with Crippen LogP contribution in [0.1, 0.15) is 12.8 Å². The van der Waals surface area contributed by atoms with Gasteiger partial charge in [-0.25, -0.2) is 0 Å². The van der Waals surface area contributed by atoms with Gasteiger partial charge in [-0.1, -0.05) is 0 Å². The highest BCUT2D eigenvalue weighted by Crippen LogP contribution is 2.39. The predicted molar refractivity (Wildman–Crippen MR) is 62.2 cm³/mol. The molecule has 0 spiro atoms. The minimum absolute atomic E-state index is 0.0176. The Morgan fingerprint density at radius 1 is 1.25 bits per heavy atom. The van der Waals surface area contributed by atoms with Crippen molar-refractivity contribution in [2.75, 3.05) is 46.4 Å². The third-order valence-electron chi connectivity index (χ3n) is 3.62. The molecule has 1 aliphatic carbocycles. The molecular formula is C12H21N2O2. The monoisotopic (exact) mass is 225 g/mol. The molecule has 1 aliphatic heterocycles. The third-order valence-corrected chi connectivity index (χ3v) is 3.62. The summed E-state index contributed by atoms with van der Waals surface area (Å²) in [7, 11) is 1.81. The van der Waals surface area contributed by atoms with E-state index in [4.69, 9.17) is 4.74 Å². The third kappa shape index (κ3) is 3.03. The second-order valence-electron chi connectivity index (χ2n) is 4.98. The number of hydrogen-bond donors (Lipinski definition) is 0. The highest BCUT2D eigenvalue weighted by molar-refractivity contribution is 5.84. The lowest BCUT2D eigenvalue weighted by Crippen LogP contribution is -2.50. The van der Waals surface area contributed by atoms with Gasteiger partial charge >= 0.3 is 0 Å². The van der Waals surface area contributed by atoms with Crippen LogP contribution in [0.4, 0.5) is 0 Å². The quantitative estimate of drug-likeness (QED) is 0.668. The van der Waals surface area contributed by atoms with E-state index < -0.39 is 0 Å². The summed E-state index contributed by atoms with van der Waals surface area (Å²) in [5.41, 5.74) is 0.157. The summed E-state index contributed by atoms with van der Waals surface area (Å²) < 4.78 is 5.52. The van der Waals surface area contributed by atoms with Crippen LogP contribution in [-0.2, 0) is 9.53 Å². The molecule has 0 bridgehead atoms. The van der Waals surface area contributed by atoms with Gasteiger partial charge in [0.25, 0.3) is 0 Å². The van der Waals surface area contributed by atoms with Crippen LogP contribution < -0.4 is 0 Å². The Kier molecular flexibility index (Phi) is 3.62. The number of carbonyl (C=O) groups is 1. The smallest absolute Gasteiger partial charge is 0.147 e. The largest absolute Gasteiger partial charge is 0.377 e. The van der Waals surface area contributed by atoms with Gasteiger partial charge in [0, 0.05) is 46.8 Å². The van der Waals surface area contributed by atoms with E-state index in [0.717, 1.165) is 32.7 Å². The average Bonchev–Trinajstić information content (AvgIpc) is 3.01. The molecule has 91 valence electrons. The van der Waals surface area contributed by atoms with Crippen molar-refractivity contribution in [3.63, 3.8) is 0 Å². The van der Waals surface area contributed by atoms with Gasteiger partial charge in [-0.15, -0.1) is 0 Å². The van der Waals surface area contributed by atoms with Crippen LogP contribution in [0, 0.1) is 6.92 Å². The highest BCUT2D eigenvalue weighted by Gasteiger charge is 2.44. The Morgan fingerprint density at radius 3 is 2.25 bits per heavy atom. The van der Waals surface area contributed by atoms with Gasteiger partial charge in [0.15, 0.2) is 0 Å². The predicted octanol–water partition coefficient (Wildman–Crippen LogP) is 0.186. The maximum absolute atomic E-state index is 10.9. The molecule has 1 saturated carbocycles. The molecule has 0 aromatic heterocycles. The summed E-state index contributed by atoms with van der Waals surface area (Å²) in [5, 5.41) is 0. The van der Waals surface area contributed by atoms with Gasteiger partial charge in [0.05, 0.1) is 12.1 Å². The van der Waals surface area contributed by atoms with Crippen LogP contribution in [0.3, 0.4) is 0 Å². The molecule has 0 aromatic carbocycles. The van der Waals surface area contributed by atoms with Crippen LogP contribution >= 0.6 is 0 Å². The Hall–Kier alpha value is -0.450. The molecule has 0 N–H and O–H groups in total. The summed E-state index contributed by atoms with van der Waals surface area (Å²) in [5.74, 6) is 0.0176. The van der Waals surface area contributed by atoms with Crippen molar-refractivity contribution < 1.29 is 9.53 Å². The fraction of sp³-hybridized carbons (Fsp3) is 0.833. The number of nitrogens with zero attached hydrogens (tertiary/aromatic N) is 2. The summed E-state index contributed by atoms with van der Waals surface area (Å²) >= 11 is 0. The van der Waals surface area contributed by atoms with Crippen molar-refractivity contribution in [1.82, 2.24) is 9.80 Å². The van der Waals surface area contributed by atoms with Crippen LogP contribution in [0.15, 0.2) is 0 Å². The van der Waals surface area contributed by atoms with Crippen LogP contribution in [-0.4, -0.2) is 67.6 Å². The molecule has 2 fully saturated rings. The van der Waals surface area contributed by atoms with Crippen molar-refractivity contribution in [1.29, 1.82) is 0 Å². The second-order valence-corrected chi connectivity index (χ2v) is 4.98. The zero-order valence-corrected chi connectivity index (χ0v) is 10.1. The number of ether oxygens (including phenoxy) is 1. The molecule has 16 heavy (non-hydrogen) atoms. The van der Waals surface area contributed by atoms with E-state index in [-0.39, 0.29) is 11.4 Å². The van der Waals surface area contributed by atoms with Gasteiger partial charge in [-0.2, -0.15) is 0 Å².